The molecule has 0 bridgehead atoms. The number of methoxy groups -OCH3 is 1. The maximum absolute atomic E-state index is 14.3. The molecule has 0 spiro atoms. The third-order valence-electron chi connectivity index (χ3n) is 8.51. The Morgan fingerprint density at radius 2 is 1.72 bits per heavy atom. The number of halogens is 3. The van der Waals surface area contributed by atoms with E-state index in [4.69, 9.17) is 68.9 Å². The van der Waals surface area contributed by atoms with Crippen LogP contribution in [0.4, 0.5) is 16.2 Å². The first kappa shape index (κ1) is 37.7. The summed E-state index contributed by atoms with van der Waals surface area (Å²) in [6.07, 6.45) is 1.17. The molecule has 2 N–H and O–H groups in total. The first-order chi connectivity index (χ1) is 25.3. The zero-order valence-corrected chi connectivity index (χ0v) is 31.4. The Morgan fingerprint density at radius 3 is 2.43 bits per heavy atom. The number of hydrogen-bond donors (Lipinski definition) is 2. The van der Waals surface area contributed by atoms with Gasteiger partial charge in [-0.3, -0.25) is 24.9 Å². The van der Waals surface area contributed by atoms with Gasteiger partial charge in [0.25, 0.3) is 9.35 Å². The lowest BCUT2D eigenvalue weighted by molar-refractivity contribution is -0.116. The number of nitrogens with one attached hydrogen (secondary N) is 2. The van der Waals surface area contributed by atoms with Crippen LogP contribution in [-0.2, 0) is 16.1 Å². The topological polar surface area (TPSA) is 158 Å². The van der Waals surface area contributed by atoms with E-state index in [1.807, 2.05) is 25.1 Å². The fourth-order valence-electron chi connectivity index (χ4n) is 5.85. The van der Waals surface area contributed by atoms with Gasteiger partial charge in [-0.2, -0.15) is 0 Å². The molecule has 0 radical (unpaired) electrons. The van der Waals surface area contributed by atoms with Gasteiger partial charge in [-0.15, -0.1) is 0 Å². The number of para-hydroxylation sites is 2. The minimum atomic E-state index is -1.99. The number of pyridine rings is 2. The lowest BCUT2D eigenvalue weighted by Crippen LogP contribution is -2.31. The molecule has 5 aromatic rings. The molecule has 17 heteroatoms. The second-order valence-corrected chi connectivity index (χ2v) is 14.6. The van der Waals surface area contributed by atoms with Crippen LogP contribution in [0.25, 0.3) is 32.6 Å². The molecular weight excluding hydrogens is 751 g/mol. The lowest BCUT2D eigenvalue weighted by atomic mass is 10.0. The number of aromatic nitrogens is 2. The van der Waals surface area contributed by atoms with Crippen molar-refractivity contribution in [1.82, 2.24) is 14.5 Å². The number of carbonyl (C=O) groups is 2. The highest BCUT2D eigenvalue weighted by molar-refractivity contribution is 6.76. The Balaban J connectivity index is 1.30. The number of carbonyl (C=O) groups excluding carboxylic acids is 2. The molecule has 0 aliphatic carbocycles. The summed E-state index contributed by atoms with van der Waals surface area (Å²) in [5, 5.41) is 12.6. The summed E-state index contributed by atoms with van der Waals surface area (Å²) in [5.41, 5.74) is 1.71. The molecular formula is C36H35Cl3N6O8. The molecule has 6 rings (SSSR count). The van der Waals surface area contributed by atoms with Gasteiger partial charge in [0, 0.05) is 55.0 Å². The minimum Gasteiger partial charge on any atom is -0.493 e. The maximum Gasteiger partial charge on any atom is 0.419 e. The van der Waals surface area contributed by atoms with Crippen molar-refractivity contribution in [2.75, 3.05) is 58.4 Å². The molecule has 53 heavy (non-hydrogen) atoms. The molecule has 2 amide bonds. The smallest absolute Gasteiger partial charge is 0.419 e. The zero-order chi connectivity index (χ0) is 38.0. The Morgan fingerprint density at radius 1 is 1.00 bits per heavy atom. The van der Waals surface area contributed by atoms with Crippen LogP contribution in [0.15, 0.2) is 59.5 Å². The molecule has 1 aliphatic heterocycles. The van der Waals surface area contributed by atoms with E-state index >= 15 is 0 Å². The van der Waals surface area contributed by atoms with Crippen molar-refractivity contribution in [3.63, 3.8) is 0 Å². The predicted molar refractivity (Wildman–Crippen MR) is 205 cm³/mol. The van der Waals surface area contributed by atoms with Crippen molar-refractivity contribution >= 4 is 96.7 Å². The Hall–Kier alpha value is -5.02. The average Bonchev–Trinajstić information content (AvgIpc) is 3.59. The molecule has 14 nitrogen and oxygen atoms in total. The van der Waals surface area contributed by atoms with Crippen molar-refractivity contribution in [3.8, 4) is 23.0 Å². The molecule has 2 aromatic heterocycles. The summed E-state index contributed by atoms with van der Waals surface area (Å²) in [6, 6.07) is 13.5. The van der Waals surface area contributed by atoms with Gasteiger partial charge in [0.2, 0.25) is 18.6 Å². The Kier molecular flexibility index (Phi) is 11.1. The molecule has 1 aliphatic rings. The summed E-state index contributed by atoms with van der Waals surface area (Å²) in [4.78, 5) is 48.6. The summed E-state index contributed by atoms with van der Waals surface area (Å²) in [7, 11) is 6.77. The van der Waals surface area contributed by atoms with Gasteiger partial charge in [-0.05, 0) is 50.8 Å². The highest BCUT2D eigenvalue weighted by Gasteiger charge is 2.28. The number of rotatable bonds is 11. The van der Waals surface area contributed by atoms with Crippen LogP contribution in [0.1, 0.15) is 12.8 Å². The minimum absolute atomic E-state index is 0.0165. The van der Waals surface area contributed by atoms with Crippen molar-refractivity contribution < 1.29 is 33.3 Å². The maximum atomic E-state index is 14.3. The van der Waals surface area contributed by atoms with Crippen LogP contribution < -0.4 is 34.7 Å². The quantitative estimate of drug-likeness (QED) is 0.0485. The number of alkyl halides is 3. The largest absolute Gasteiger partial charge is 0.493 e. The van der Waals surface area contributed by atoms with Crippen molar-refractivity contribution in [1.29, 1.82) is 5.41 Å². The molecule has 0 saturated carbocycles. The Bertz CT molecular complexity index is 2310. The number of benzene rings is 3. The van der Waals surface area contributed by atoms with E-state index in [9.17, 15) is 14.4 Å². The number of fused-ring (bicyclic) bond motifs is 6. The van der Waals surface area contributed by atoms with Gasteiger partial charge < -0.3 is 38.5 Å². The van der Waals surface area contributed by atoms with Crippen molar-refractivity contribution in [2.45, 2.75) is 23.2 Å². The monoisotopic (exact) mass is 784 g/mol. The lowest BCUT2D eigenvalue weighted by Gasteiger charge is -2.22. The van der Waals surface area contributed by atoms with E-state index in [1.54, 1.807) is 47.2 Å². The summed E-state index contributed by atoms with van der Waals surface area (Å²) in [5.74, 6) is 0.465. The number of hydrogen-bond acceptors (Lipinski definition) is 11. The van der Waals surface area contributed by atoms with Crippen LogP contribution in [-0.4, -0.2) is 84.3 Å². The van der Waals surface area contributed by atoms with E-state index < -0.39 is 15.8 Å². The SMILES string of the molecule is COc1cc2c(cc1OC(=O)N(C)c1ccccc1NC(=O)CCCOC(=N)C(Cl)(Cl)Cl)c(=O)n(CCN(C)C)c1c3cc4c(cc3ncc21)OCO4. The van der Waals surface area contributed by atoms with Crippen LogP contribution in [0.5, 0.6) is 23.0 Å². The summed E-state index contributed by atoms with van der Waals surface area (Å²) >= 11 is 16.8. The van der Waals surface area contributed by atoms with Gasteiger partial charge in [0.05, 0.1) is 41.5 Å². The molecule has 278 valence electrons. The van der Waals surface area contributed by atoms with E-state index in [2.05, 4.69) is 5.32 Å². The van der Waals surface area contributed by atoms with E-state index in [-0.39, 0.29) is 49.2 Å². The highest BCUT2D eigenvalue weighted by atomic mass is 35.6. The fourth-order valence-corrected chi connectivity index (χ4v) is 6.01. The average molecular weight is 786 g/mol. The third-order valence-corrected chi connectivity index (χ3v) is 9.02. The third kappa shape index (κ3) is 8.00. The molecule has 0 unspecified atom stereocenters. The van der Waals surface area contributed by atoms with Gasteiger partial charge >= 0.3 is 6.09 Å². The van der Waals surface area contributed by atoms with Crippen LogP contribution >= 0.6 is 34.8 Å². The Labute approximate surface area is 318 Å². The van der Waals surface area contributed by atoms with Crippen LogP contribution in [0.2, 0.25) is 0 Å². The molecule has 3 aromatic carbocycles. The van der Waals surface area contributed by atoms with Gasteiger partial charge in [-0.1, -0.05) is 46.9 Å². The standard InChI is InChI=1S/C36H35Cl3N6O8/c1-43(2)11-12-45-32-22-16-28-29(52-19-51-28)17-25(22)41-18-23(32)20-14-27(49-4)30(15-21(20)33(45)47)53-35(48)44(3)26-9-6-5-8-24(26)42-31(46)10-7-13-50-34(40)36(37,38)39/h5-6,8-9,14-18,40H,7,10-13,19H2,1-4H3,(H,42,46). The normalized spacial score (nSPS) is 12.4. The highest BCUT2D eigenvalue weighted by Crippen LogP contribution is 2.40. The number of likely N-dealkylation sites (N-methyl/N-ethyl adjacent to an activating group) is 1. The molecule has 0 fully saturated rings. The molecule has 0 saturated heterocycles. The summed E-state index contributed by atoms with van der Waals surface area (Å²) < 4.78 is 27.5. The number of anilines is 2. The van der Waals surface area contributed by atoms with Gasteiger partial charge in [0.15, 0.2) is 23.0 Å². The fraction of sp³-hybridized carbons (Fsp3) is 0.306. The second-order valence-electron chi connectivity index (χ2n) is 12.3. The first-order valence-corrected chi connectivity index (χ1v) is 17.4. The van der Waals surface area contributed by atoms with Crippen LogP contribution in [0.3, 0.4) is 0 Å². The summed E-state index contributed by atoms with van der Waals surface area (Å²) in [6.45, 7) is 1.02. The number of ether oxygens (including phenoxy) is 5. The van der Waals surface area contributed by atoms with Gasteiger partial charge in [0.1, 0.15) is 0 Å². The zero-order valence-electron chi connectivity index (χ0n) is 29.1. The van der Waals surface area contributed by atoms with E-state index in [0.717, 1.165) is 5.39 Å². The van der Waals surface area contributed by atoms with Crippen molar-refractivity contribution in [2.24, 2.45) is 0 Å². The number of nitrogens with zero attached hydrogens (tertiary/aromatic N) is 4. The second kappa shape index (κ2) is 15.5. The van der Waals surface area contributed by atoms with E-state index in [0.29, 0.717) is 63.2 Å². The molecule has 0 atom stereocenters. The van der Waals surface area contributed by atoms with Crippen LogP contribution in [0, 0.1) is 5.41 Å². The molecule has 3 heterocycles. The van der Waals surface area contributed by atoms with Gasteiger partial charge in [-0.25, -0.2) is 4.79 Å². The van der Waals surface area contributed by atoms with Crippen molar-refractivity contribution in [3.05, 3.63) is 65.1 Å². The van der Waals surface area contributed by atoms with E-state index in [1.165, 1.54) is 25.1 Å². The number of amides is 2. The predicted octanol–water partition coefficient (Wildman–Crippen LogP) is 6.72. The first-order valence-electron chi connectivity index (χ1n) is 16.3.